The van der Waals surface area contributed by atoms with Crippen LogP contribution in [-0.2, 0) is 4.28 Å². The van der Waals surface area contributed by atoms with E-state index in [0.717, 1.165) is 10.3 Å². The summed E-state index contributed by atoms with van der Waals surface area (Å²) in [5, 5.41) is 4.57. The van der Waals surface area contributed by atoms with Gasteiger partial charge in [-0.25, -0.2) is 0 Å². The van der Waals surface area contributed by atoms with Crippen LogP contribution in [0.5, 0.6) is 0 Å². The van der Waals surface area contributed by atoms with Gasteiger partial charge in [-0.2, -0.15) is 0 Å². The lowest BCUT2D eigenvalue weighted by molar-refractivity contribution is 0.996. The fraction of sp³-hybridized carbons (Fsp3) is 0.686. The van der Waals surface area contributed by atoms with E-state index < -0.39 is 56.5 Å². The van der Waals surface area contributed by atoms with E-state index in [1.807, 2.05) is 0 Å². The molecule has 0 unspecified atom stereocenters. The molecule has 0 spiro atoms. The average molecular weight is 749 g/mol. The Hall–Kier alpha value is 0.598. The first-order valence-corrected chi connectivity index (χ1v) is 44.3. The van der Waals surface area contributed by atoms with E-state index in [4.69, 9.17) is 0 Å². The summed E-state index contributed by atoms with van der Waals surface area (Å²) in [4.78, 5) is 0. The Balaban J connectivity index is 3.49. The maximum absolute atomic E-state index is 3.55. The molecule has 2 rings (SSSR count). The van der Waals surface area contributed by atoms with E-state index >= 15 is 0 Å². The Morgan fingerprint density at radius 3 is 1.11 bits per heavy atom. The summed E-state index contributed by atoms with van der Waals surface area (Å²) in [6, 6.07) is 5.86. The van der Waals surface area contributed by atoms with Crippen molar-refractivity contribution in [3.8, 4) is 0 Å². The molecule has 0 saturated carbocycles. The van der Waals surface area contributed by atoms with Gasteiger partial charge in [0.1, 0.15) is 0 Å². The third-order valence-electron chi connectivity index (χ3n) is 9.90. The monoisotopic (exact) mass is 748 g/mol. The fourth-order valence-corrected chi connectivity index (χ4v) is 69.8. The van der Waals surface area contributed by atoms with Crippen molar-refractivity contribution in [2.45, 2.75) is 152 Å². The topological polar surface area (TPSA) is 0 Å². The second kappa shape index (κ2) is 13.1. The molecule has 1 aliphatic carbocycles. The molecule has 248 valence electrons. The summed E-state index contributed by atoms with van der Waals surface area (Å²) in [6.45, 7) is 56.8. The van der Waals surface area contributed by atoms with Crippen molar-refractivity contribution in [2.24, 2.45) is 0 Å². The molecule has 0 aliphatic heterocycles. The summed E-state index contributed by atoms with van der Waals surface area (Å²) < 4.78 is 0.385. The number of rotatable bonds is 12. The molecular weight excluding hydrogens is 679 g/mol. The summed E-state index contributed by atoms with van der Waals surface area (Å²) in [7, 11) is -8.35. The van der Waals surface area contributed by atoms with Gasteiger partial charge < -0.3 is 0 Å². The van der Waals surface area contributed by atoms with Crippen LogP contribution in [0, 0.1) is 0 Å². The number of hydrogen-bond acceptors (Lipinski definition) is 0. The maximum atomic E-state index is 3.55. The van der Waals surface area contributed by atoms with E-state index in [1.165, 1.54) is 21.0 Å². The van der Waals surface area contributed by atoms with E-state index in [0.29, 0.717) is 4.28 Å². The van der Waals surface area contributed by atoms with Gasteiger partial charge in [0.15, 0.2) is 0 Å². The SMILES string of the molecule is C[Si](C)(C)C(c1cc(C([Si](C)(C)C)([Si](C)(C)C)[Si](C)(C)C)cc(C([Si](C)(C)C)[Si](C)(C)C)c1P=PC1=C=CC=C1)[Si](C)(C)C. The molecule has 0 radical (unpaired) electrons. The third-order valence-corrected chi connectivity index (χ3v) is 52.4. The van der Waals surface area contributed by atoms with Crippen LogP contribution < -0.4 is 5.30 Å². The maximum Gasteiger partial charge on any atom is 0.0499 e. The highest BCUT2D eigenvalue weighted by Crippen LogP contribution is 2.52. The Morgan fingerprint density at radius 1 is 0.523 bits per heavy atom. The Morgan fingerprint density at radius 2 is 0.864 bits per heavy atom. The van der Waals surface area contributed by atoms with Crippen molar-refractivity contribution in [3.63, 3.8) is 0 Å². The van der Waals surface area contributed by atoms with Crippen molar-refractivity contribution < 1.29 is 0 Å². The lowest BCUT2D eigenvalue weighted by Crippen LogP contribution is -2.74. The van der Waals surface area contributed by atoms with Crippen molar-refractivity contribution >= 4 is 77.6 Å². The van der Waals surface area contributed by atoms with Gasteiger partial charge in [-0.05, 0) is 59.2 Å². The zero-order valence-corrected chi connectivity index (χ0v) is 41.7. The summed E-state index contributed by atoms with van der Waals surface area (Å²) >= 11 is 0. The first-order valence-electron chi connectivity index (χ1n) is 17.0. The minimum Gasteiger partial charge on any atom is -0.108 e. The molecular formula is C35H70P2Si7. The lowest BCUT2D eigenvalue weighted by atomic mass is 10.1. The average Bonchev–Trinajstić information content (AvgIpc) is 3.19. The first kappa shape index (κ1) is 40.8. The van der Waals surface area contributed by atoms with Gasteiger partial charge in [0.2, 0.25) is 0 Å². The van der Waals surface area contributed by atoms with Gasteiger partial charge in [-0.3, -0.25) is 0 Å². The van der Waals surface area contributed by atoms with Crippen LogP contribution in [0.4, 0.5) is 0 Å². The van der Waals surface area contributed by atoms with Crippen LogP contribution >= 0.6 is 15.7 Å². The van der Waals surface area contributed by atoms with E-state index in [2.05, 4.69) is 174 Å². The molecule has 1 aromatic rings. The molecule has 1 aliphatic rings. The molecule has 0 atom stereocenters. The van der Waals surface area contributed by atoms with E-state index in [-0.39, 0.29) is 0 Å². The van der Waals surface area contributed by atoms with E-state index in [1.54, 1.807) is 22.0 Å². The molecule has 0 fully saturated rings. The normalized spacial score (nSPS) is 16.2. The van der Waals surface area contributed by atoms with Crippen LogP contribution in [0.3, 0.4) is 0 Å². The molecule has 1 aromatic carbocycles. The Kier molecular flexibility index (Phi) is 12.2. The minimum atomic E-state index is -1.67. The second-order valence-corrected chi connectivity index (χ2v) is 63.3. The molecule has 0 saturated heterocycles. The number of hydrogen-bond donors (Lipinski definition) is 0. The predicted molar refractivity (Wildman–Crippen MR) is 231 cm³/mol. The summed E-state index contributed by atoms with van der Waals surface area (Å²) in [6.07, 6.45) is 6.57. The van der Waals surface area contributed by atoms with Gasteiger partial charge in [0.05, 0.1) is 0 Å². The molecule has 0 aromatic heterocycles. The summed E-state index contributed by atoms with van der Waals surface area (Å²) in [5.41, 5.74) is 8.96. The van der Waals surface area contributed by atoms with Crippen LogP contribution in [0.15, 0.2) is 41.4 Å². The minimum absolute atomic E-state index is 0.385. The van der Waals surface area contributed by atoms with Crippen LogP contribution in [0.25, 0.3) is 0 Å². The zero-order chi connectivity index (χ0) is 34.7. The van der Waals surface area contributed by atoms with Gasteiger partial charge >= 0.3 is 0 Å². The van der Waals surface area contributed by atoms with Crippen molar-refractivity contribution in [1.29, 1.82) is 0 Å². The Bertz CT molecular complexity index is 1220. The van der Waals surface area contributed by atoms with Gasteiger partial charge in [-0.1, -0.05) is 156 Å². The molecule has 0 nitrogen and oxygen atoms in total. The quantitative estimate of drug-likeness (QED) is 0.113. The number of benzene rings is 1. The van der Waals surface area contributed by atoms with Crippen LogP contribution in [0.1, 0.15) is 27.0 Å². The highest BCUT2D eigenvalue weighted by molar-refractivity contribution is 7.90. The van der Waals surface area contributed by atoms with Gasteiger partial charge in [0.25, 0.3) is 0 Å². The third kappa shape index (κ3) is 8.41. The molecule has 0 heterocycles. The molecule has 44 heavy (non-hydrogen) atoms. The van der Waals surface area contributed by atoms with Crippen LogP contribution in [0.2, 0.25) is 137 Å². The molecule has 9 heteroatoms. The van der Waals surface area contributed by atoms with Crippen molar-refractivity contribution in [1.82, 2.24) is 0 Å². The Labute approximate surface area is 286 Å². The van der Waals surface area contributed by atoms with Gasteiger partial charge in [-0.15, -0.1) is 5.73 Å². The molecule has 0 amide bonds. The summed E-state index contributed by atoms with van der Waals surface area (Å²) in [5.74, 6) is 0. The highest BCUT2D eigenvalue weighted by Gasteiger charge is 2.61. The predicted octanol–water partition coefficient (Wildman–Crippen LogP) is 13.3. The highest BCUT2D eigenvalue weighted by atomic mass is 31.7. The standard InChI is InChI=1S/C35H70P2Si7/c1-38(2,3)33(39(4,5)6)30-26-28(35(42(13,14)15,43(16,17)18)44(19,20)21)27-31(34(40(7,8)9)41(10,11)12)32(30)37-36-29-24-22-23-25-29/h22-24,26-27,33-34H,1-21H3. The van der Waals surface area contributed by atoms with Crippen molar-refractivity contribution in [3.05, 3.63) is 58.1 Å². The smallest absolute Gasteiger partial charge is 0.0499 e. The molecule has 0 N–H and O–H groups in total. The lowest BCUT2D eigenvalue weighted by Gasteiger charge is -2.60. The van der Waals surface area contributed by atoms with Crippen LogP contribution in [-0.4, -0.2) is 56.5 Å². The van der Waals surface area contributed by atoms with Crippen molar-refractivity contribution in [2.75, 3.05) is 0 Å². The van der Waals surface area contributed by atoms with Gasteiger partial charge in [0, 0.05) is 67.1 Å². The second-order valence-electron chi connectivity index (χ2n) is 21.1. The number of allylic oxidation sites excluding steroid dienone is 3. The zero-order valence-electron chi connectivity index (χ0n) is 32.9. The largest absolute Gasteiger partial charge is 0.108 e. The van der Waals surface area contributed by atoms with E-state index in [9.17, 15) is 0 Å². The molecule has 0 bridgehead atoms. The first-order chi connectivity index (χ1) is 19.3. The fourth-order valence-electron chi connectivity index (χ4n) is 11.1.